The predicted molar refractivity (Wildman–Crippen MR) is 57.6 cm³/mol. The number of methoxy groups -OCH3 is 1. The number of rotatable bonds is 2. The van der Waals surface area contributed by atoms with Crippen LogP contribution >= 0.6 is 0 Å². The monoisotopic (exact) mass is 203 g/mol. The van der Waals surface area contributed by atoms with Crippen LogP contribution in [0.3, 0.4) is 0 Å². The molecule has 0 aliphatic carbocycles. The highest BCUT2D eigenvalue weighted by atomic mass is 16.5. The van der Waals surface area contributed by atoms with E-state index in [9.17, 15) is 10.0 Å². The van der Waals surface area contributed by atoms with Crippen LogP contribution in [-0.4, -0.2) is 12.2 Å². The van der Waals surface area contributed by atoms with Gasteiger partial charge < -0.3 is 9.84 Å². The number of hydrogen-bond donors (Lipinski definition) is 1. The van der Waals surface area contributed by atoms with Gasteiger partial charge in [0.15, 0.2) is 5.69 Å². The topological polar surface area (TPSA) is 58.9 Å². The van der Waals surface area contributed by atoms with Gasteiger partial charge in [-0.3, -0.25) is 0 Å². The average molecular weight is 203 g/mol. The van der Waals surface area contributed by atoms with E-state index < -0.39 is 0 Å². The van der Waals surface area contributed by atoms with Crippen molar-refractivity contribution in [3.63, 3.8) is 0 Å². The van der Waals surface area contributed by atoms with Crippen molar-refractivity contribution in [2.45, 2.75) is 0 Å². The fourth-order valence-corrected chi connectivity index (χ4v) is 1.50. The van der Waals surface area contributed by atoms with Crippen LogP contribution in [0.15, 0.2) is 35.5 Å². The van der Waals surface area contributed by atoms with Crippen LogP contribution in [0.25, 0.3) is 10.8 Å². The van der Waals surface area contributed by atoms with Gasteiger partial charge in [-0.2, -0.15) is 0 Å². The Labute approximate surface area is 86.1 Å². The first kappa shape index (κ1) is 9.45. The smallest absolute Gasteiger partial charge is 0.157 e. The summed E-state index contributed by atoms with van der Waals surface area (Å²) >= 11 is 0. The lowest BCUT2D eigenvalue weighted by Gasteiger charge is -2.04. The molecule has 0 saturated heterocycles. The molecule has 0 bridgehead atoms. The molecule has 4 nitrogen and oxygen atoms in total. The zero-order valence-electron chi connectivity index (χ0n) is 8.10. The molecule has 0 fully saturated rings. The molecular formula is C11H9NO3. The van der Waals surface area contributed by atoms with E-state index in [2.05, 4.69) is 5.18 Å². The predicted octanol–water partition coefficient (Wildman–Crippen LogP) is 2.95. The molecule has 2 rings (SSSR count). The van der Waals surface area contributed by atoms with Crippen molar-refractivity contribution in [2.75, 3.05) is 7.11 Å². The largest absolute Gasteiger partial charge is 0.506 e. The van der Waals surface area contributed by atoms with Gasteiger partial charge in [0.1, 0.15) is 11.5 Å². The summed E-state index contributed by atoms with van der Waals surface area (Å²) in [7, 11) is 1.57. The van der Waals surface area contributed by atoms with E-state index in [-0.39, 0.29) is 11.4 Å². The Balaban J connectivity index is 2.78. The molecule has 1 N–H and O–H groups in total. The van der Waals surface area contributed by atoms with Crippen molar-refractivity contribution in [1.29, 1.82) is 0 Å². The van der Waals surface area contributed by atoms with Gasteiger partial charge >= 0.3 is 0 Å². The van der Waals surface area contributed by atoms with Crippen LogP contribution in [0.4, 0.5) is 5.69 Å². The van der Waals surface area contributed by atoms with Crippen LogP contribution in [0.5, 0.6) is 11.5 Å². The Kier molecular flexibility index (Phi) is 2.25. The average Bonchev–Trinajstić information content (AvgIpc) is 2.28. The molecule has 0 unspecified atom stereocenters. The van der Waals surface area contributed by atoms with Crippen molar-refractivity contribution < 1.29 is 9.84 Å². The number of ether oxygens (including phenoxy) is 1. The summed E-state index contributed by atoms with van der Waals surface area (Å²) in [5, 5.41) is 13.6. The van der Waals surface area contributed by atoms with Gasteiger partial charge in [-0.1, -0.05) is 6.07 Å². The minimum atomic E-state index is -0.109. The van der Waals surface area contributed by atoms with Crippen molar-refractivity contribution in [3.05, 3.63) is 35.2 Å². The molecule has 0 atom stereocenters. The van der Waals surface area contributed by atoms with E-state index in [0.29, 0.717) is 11.1 Å². The Hall–Kier alpha value is -2.10. The molecule has 4 heteroatoms. The van der Waals surface area contributed by atoms with Crippen LogP contribution in [0.2, 0.25) is 0 Å². The van der Waals surface area contributed by atoms with E-state index in [4.69, 9.17) is 4.74 Å². The highest BCUT2D eigenvalue weighted by molar-refractivity contribution is 5.96. The molecule has 0 heterocycles. The SMILES string of the molecule is COc1ccc2c(N=O)c(O)ccc2c1. The highest BCUT2D eigenvalue weighted by Gasteiger charge is 2.07. The number of fused-ring (bicyclic) bond motifs is 1. The molecule has 0 radical (unpaired) electrons. The molecule has 2 aromatic rings. The zero-order valence-corrected chi connectivity index (χ0v) is 8.10. The van der Waals surface area contributed by atoms with E-state index in [1.54, 1.807) is 31.4 Å². The quantitative estimate of drug-likeness (QED) is 0.763. The molecule has 0 saturated carbocycles. The number of nitrogens with zero attached hydrogens (tertiary/aromatic N) is 1. The molecule has 0 aromatic heterocycles. The van der Waals surface area contributed by atoms with E-state index in [1.807, 2.05) is 0 Å². The Morgan fingerprint density at radius 2 is 2.07 bits per heavy atom. The summed E-state index contributed by atoms with van der Waals surface area (Å²) in [6.45, 7) is 0. The van der Waals surface area contributed by atoms with E-state index in [1.165, 1.54) is 6.07 Å². The maximum Gasteiger partial charge on any atom is 0.157 e. The zero-order chi connectivity index (χ0) is 10.8. The van der Waals surface area contributed by atoms with Crippen molar-refractivity contribution in [2.24, 2.45) is 5.18 Å². The third-order valence-corrected chi connectivity index (χ3v) is 2.27. The lowest BCUT2D eigenvalue weighted by atomic mass is 10.1. The fraction of sp³-hybridized carbons (Fsp3) is 0.0909. The van der Waals surface area contributed by atoms with Gasteiger partial charge in [-0.25, -0.2) is 0 Å². The minimum absolute atomic E-state index is 0.0650. The van der Waals surface area contributed by atoms with Gasteiger partial charge in [-0.15, -0.1) is 4.91 Å². The first-order chi connectivity index (χ1) is 7.26. The van der Waals surface area contributed by atoms with Crippen LogP contribution in [-0.2, 0) is 0 Å². The van der Waals surface area contributed by atoms with Crippen LogP contribution < -0.4 is 4.74 Å². The molecule has 0 aliphatic heterocycles. The van der Waals surface area contributed by atoms with Crippen LogP contribution in [0, 0.1) is 4.91 Å². The van der Waals surface area contributed by atoms with E-state index in [0.717, 1.165) is 5.39 Å². The second-order valence-corrected chi connectivity index (χ2v) is 3.11. The molecule has 0 amide bonds. The van der Waals surface area contributed by atoms with Gasteiger partial charge in [-0.05, 0) is 34.8 Å². The number of phenols is 1. The first-order valence-electron chi connectivity index (χ1n) is 4.39. The number of hydrogen-bond acceptors (Lipinski definition) is 4. The second-order valence-electron chi connectivity index (χ2n) is 3.11. The standard InChI is InChI=1S/C11H9NO3/c1-15-8-3-4-9-7(6-8)2-5-10(13)11(9)12-14/h2-6,13H,1H3. The van der Waals surface area contributed by atoms with Gasteiger partial charge in [0, 0.05) is 5.39 Å². The molecule has 76 valence electrons. The third-order valence-electron chi connectivity index (χ3n) is 2.27. The van der Waals surface area contributed by atoms with Crippen molar-refractivity contribution >= 4 is 16.5 Å². The summed E-state index contributed by atoms with van der Waals surface area (Å²) in [5.41, 5.74) is 0.0650. The highest BCUT2D eigenvalue weighted by Crippen LogP contribution is 2.35. The van der Waals surface area contributed by atoms with Crippen molar-refractivity contribution in [1.82, 2.24) is 0 Å². The lowest BCUT2D eigenvalue weighted by Crippen LogP contribution is -1.82. The Morgan fingerprint density at radius 1 is 1.27 bits per heavy atom. The van der Waals surface area contributed by atoms with Crippen molar-refractivity contribution in [3.8, 4) is 11.5 Å². The second kappa shape index (κ2) is 3.57. The Morgan fingerprint density at radius 3 is 2.73 bits per heavy atom. The summed E-state index contributed by atoms with van der Waals surface area (Å²) in [4.78, 5) is 10.6. The Bertz CT molecular complexity index is 522. The summed E-state index contributed by atoms with van der Waals surface area (Å²) in [6, 6.07) is 8.35. The normalized spacial score (nSPS) is 10.2. The number of aromatic hydroxyl groups is 1. The first-order valence-corrected chi connectivity index (χ1v) is 4.39. The molecule has 15 heavy (non-hydrogen) atoms. The third kappa shape index (κ3) is 1.50. The maximum atomic E-state index is 10.6. The molecule has 2 aromatic carbocycles. The number of phenolic OH excluding ortho intramolecular Hbond substituents is 1. The molecule has 0 aliphatic rings. The number of nitroso groups, excluding NO2 is 1. The van der Waals surface area contributed by atoms with E-state index >= 15 is 0 Å². The molecule has 0 spiro atoms. The van der Waals surface area contributed by atoms with Gasteiger partial charge in [0.2, 0.25) is 0 Å². The summed E-state index contributed by atoms with van der Waals surface area (Å²) in [6.07, 6.45) is 0. The number of benzene rings is 2. The maximum absolute atomic E-state index is 10.6. The minimum Gasteiger partial charge on any atom is -0.506 e. The summed E-state index contributed by atoms with van der Waals surface area (Å²) < 4.78 is 5.05. The lowest BCUT2D eigenvalue weighted by molar-refractivity contribution is 0.415. The van der Waals surface area contributed by atoms with Gasteiger partial charge in [0.25, 0.3) is 0 Å². The summed E-state index contributed by atoms with van der Waals surface area (Å²) in [5.74, 6) is 0.590. The fourth-order valence-electron chi connectivity index (χ4n) is 1.50. The molecular weight excluding hydrogens is 194 g/mol. The van der Waals surface area contributed by atoms with Crippen LogP contribution in [0.1, 0.15) is 0 Å². The van der Waals surface area contributed by atoms with Gasteiger partial charge in [0.05, 0.1) is 7.11 Å².